The molecule has 0 atom stereocenters. The Labute approximate surface area is 126 Å². The molecule has 0 heteroatoms. The van der Waals surface area contributed by atoms with E-state index in [1.165, 1.54) is 57.8 Å². The molecule has 0 aromatic rings. The van der Waals surface area contributed by atoms with Crippen molar-refractivity contribution in [1.82, 2.24) is 0 Å². The second kappa shape index (κ2) is 36.1. The highest BCUT2D eigenvalue weighted by Gasteiger charge is 2.09. The lowest BCUT2D eigenvalue weighted by molar-refractivity contribution is 0.346. The minimum absolute atomic E-state index is 1.06. The van der Waals surface area contributed by atoms with Gasteiger partial charge < -0.3 is 0 Å². The first kappa shape index (κ1) is 27.4. The molecule has 0 unspecified atom stereocenters. The maximum absolute atomic E-state index is 2.31. The summed E-state index contributed by atoms with van der Waals surface area (Å²) in [4.78, 5) is 0. The summed E-state index contributed by atoms with van der Waals surface area (Å²) in [5.74, 6) is 1.06. The average Bonchev–Trinajstić information content (AvgIpc) is 2.44. The molecule has 0 nitrogen and oxygen atoms in total. The fourth-order valence-electron chi connectivity index (χ4n) is 1.32. The third-order valence-corrected chi connectivity index (χ3v) is 2.81. The first-order valence-electron chi connectivity index (χ1n) is 9.22. The van der Waals surface area contributed by atoms with E-state index in [0.717, 1.165) is 5.92 Å². The molecule has 0 N–H and O–H groups in total. The van der Waals surface area contributed by atoms with Gasteiger partial charge in [0.1, 0.15) is 0 Å². The number of hydrogen-bond acceptors (Lipinski definition) is 0. The Bertz CT molecular complexity index is 72.0. The van der Waals surface area contributed by atoms with Gasteiger partial charge in [0.15, 0.2) is 0 Å². The van der Waals surface area contributed by atoms with Crippen LogP contribution in [0.2, 0.25) is 0 Å². The lowest BCUT2D eigenvalue weighted by Gasteiger charge is -2.18. The van der Waals surface area contributed by atoms with Gasteiger partial charge in [-0.25, -0.2) is 0 Å². The van der Waals surface area contributed by atoms with Crippen LogP contribution in [0.4, 0.5) is 0 Å². The predicted molar refractivity (Wildman–Crippen MR) is 96.1 cm³/mol. The lowest BCUT2D eigenvalue weighted by Crippen LogP contribution is -2.04. The normalized spacial score (nSPS) is 11.8. The summed E-state index contributed by atoms with van der Waals surface area (Å²) < 4.78 is 0. The Hall–Kier alpha value is 0. The van der Waals surface area contributed by atoms with Crippen molar-refractivity contribution < 1.29 is 0 Å². The van der Waals surface area contributed by atoms with Crippen LogP contribution >= 0.6 is 0 Å². The van der Waals surface area contributed by atoms with Gasteiger partial charge in [0, 0.05) is 0 Å². The van der Waals surface area contributed by atoms with Crippen LogP contribution in [-0.2, 0) is 0 Å². The van der Waals surface area contributed by atoms with Crippen LogP contribution < -0.4 is 0 Å². The molecule has 1 rings (SSSR count). The fourth-order valence-corrected chi connectivity index (χ4v) is 1.32. The monoisotopic (exact) mass is 274 g/mol. The Morgan fingerprint density at radius 2 is 0.842 bits per heavy atom. The highest BCUT2D eigenvalue weighted by molar-refractivity contribution is 4.62. The highest BCUT2D eigenvalue weighted by Crippen LogP contribution is 2.24. The van der Waals surface area contributed by atoms with E-state index in [2.05, 4.69) is 34.6 Å². The van der Waals surface area contributed by atoms with E-state index < -0.39 is 0 Å². The lowest BCUT2D eigenvalue weighted by atomic mass is 9.88. The van der Waals surface area contributed by atoms with Crippen LogP contribution in [0.5, 0.6) is 0 Å². The zero-order valence-corrected chi connectivity index (χ0v) is 15.9. The van der Waals surface area contributed by atoms with Gasteiger partial charge in [-0.2, -0.15) is 0 Å². The number of hydrogen-bond donors (Lipinski definition) is 0. The van der Waals surface area contributed by atoms with E-state index >= 15 is 0 Å². The molecule has 0 heterocycles. The Morgan fingerprint density at radius 3 is 0.842 bits per heavy atom. The second-order valence-corrected chi connectivity index (χ2v) is 4.74. The van der Waals surface area contributed by atoms with Crippen molar-refractivity contribution in [3.8, 4) is 0 Å². The van der Waals surface area contributed by atoms with Crippen molar-refractivity contribution in [1.29, 1.82) is 0 Å². The molecule has 0 saturated heterocycles. The molecular formula is C19H46. The standard InChI is InChI=1S/C5H10.2C5H12.2C2H6/c1-5-3-2-4-5;2*1-3-5-4-2;2*1-2/h5H,2-4H2,1H3;2*3-5H2,1-2H3;2*1-2H3. The minimum Gasteiger partial charge on any atom is -0.0683 e. The zero-order chi connectivity index (χ0) is 15.9. The van der Waals surface area contributed by atoms with Gasteiger partial charge in [0.25, 0.3) is 0 Å². The van der Waals surface area contributed by atoms with E-state index in [-0.39, 0.29) is 0 Å². The summed E-state index contributed by atoms with van der Waals surface area (Å²) in [6, 6.07) is 0. The van der Waals surface area contributed by atoms with Gasteiger partial charge in [-0.3, -0.25) is 0 Å². The fraction of sp³-hybridized carbons (Fsp3) is 1.00. The summed E-state index contributed by atoms with van der Waals surface area (Å²) in [6.07, 6.45) is 12.6. The third-order valence-electron chi connectivity index (χ3n) is 2.81. The van der Waals surface area contributed by atoms with Crippen LogP contribution in [0.3, 0.4) is 0 Å². The van der Waals surface area contributed by atoms with Crippen LogP contribution in [-0.4, -0.2) is 0 Å². The Morgan fingerprint density at radius 1 is 0.632 bits per heavy atom. The summed E-state index contributed by atoms with van der Waals surface area (Å²) >= 11 is 0. The molecule has 0 aliphatic heterocycles. The quantitative estimate of drug-likeness (QED) is 0.484. The predicted octanol–water partition coefficient (Wildman–Crippen LogP) is 8.25. The van der Waals surface area contributed by atoms with E-state index in [4.69, 9.17) is 0 Å². The molecule has 1 fully saturated rings. The molecule has 1 aliphatic rings. The van der Waals surface area contributed by atoms with Gasteiger partial charge >= 0.3 is 0 Å². The van der Waals surface area contributed by atoms with Crippen molar-refractivity contribution >= 4 is 0 Å². The first-order valence-corrected chi connectivity index (χ1v) is 9.22. The smallest absolute Gasteiger partial charge is 0.0443 e. The van der Waals surface area contributed by atoms with Crippen LogP contribution in [0.15, 0.2) is 0 Å². The van der Waals surface area contributed by atoms with Crippen LogP contribution in [0.1, 0.15) is 120 Å². The van der Waals surface area contributed by atoms with Crippen molar-refractivity contribution in [2.75, 3.05) is 0 Å². The zero-order valence-electron chi connectivity index (χ0n) is 15.9. The summed E-state index contributed by atoms with van der Waals surface area (Å²) in [6.45, 7) is 19.2. The maximum Gasteiger partial charge on any atom is -0.0443 e. The van der Waals surface area contributed by atoms with E-state index in [9.17, 15) is 0 Å². The topological polar surface area (TPSA) is 0 Å². The molecular weight excluding hydrogens is 228 g/mol. The van der Waals surface area contributed by atoms with Crippen LogP contribution in [0.25, 0.3) is 0 Å². The van der Waals surface area contributed by atoms with Gasteiger partial charge in [-0.15, -0.1) is 0 Å². The average molecular weight is 275 g/mol. The highest BCUT2D eigenvalue weighted by atomic mass is 14.1. The molecule has 0 spiro atoms. The van der Waals surface area contributed by atoms with Crippen LogP contribution in [0, 0.1) is 5.92 Å². The van der Waals surface area contributed by atoms with Gasteiger partial charge in [0.05, 0.1) is 0 Å². The van der Waals surface area contributed by atoms with E-state index in [1.807, 2.05) is 27.7 Å². The van der Waals surface area contributed by atoms with Crippen molar-refractivity contribution in [3.63, 3.8) is 0 Å². The van der Waals surface area contributed by atoms with Crippen molar-refractivity contribution in [3.05, 3.63) is 0 Å². The summed E-state index contributed by atoms with van der Waals surface area (Å²) in [5.41, 5.74) is 0. The Kier molecular flexibility index (Phi) is 52.0. The number of unbranched alkanes of at least 4 members (excludes halogenated alkanes) is 4. The summed E-state index contributed by atoms with van der Waals surface area (Å²) in [5, 5.41) is 0. The van der Waals surface area contributed by atoms with Gasteiger partial charge in [-0.1, -0.05) is 120 Å². The molecule has 0 radical (unpaired) electrons. The summed E-state index contributed by atoms with van der Waals surface area (Å²) in [7, 11) is 0. The van der Waals surface area contributed by atoms with E-state index in [0.29, 0.717) is 0 Å². The number of rotatable bonds is 4. The molecule has 0 aromatic heterocycles. The maximum atomic E-state index is 2.31. The SMILES string of the molecule is CC.CC.CC1CCC1.CCCCC.CCCCC. The third kappa shape index (κ3) is 46.1. The molecule has 122 valence electrons. The minimum atomic E-state index is 1.06. The molecule has 0 bridgehead atoms. The van der Waals surface area contributed by atoms with Crippen molar-refractivity contribution in [2.24, 2.45) is 5.92 Å². The van der Waals surface area contributed by atoms with E-state index in [1.54, 1.807) is 0 Å². The van der Waals surface area contributed by atoms with Crippen molar-refractivity contribution in [2.45, 2.75) is 120 Å². The molecule has 1 aliphatic carbocycles. The largest absolute Gasteiger partial charge is 0.0683 e. The molecule has 1 saturated carbocycles. The van der Waals surface area contributed by atoms with Gasteiger partial charge in [-0.05, 0) is 5.92 Å². The first-order chi connectivity index (χ1) is 9.22. The Balaban J connectivity index is -0.0000000785. The molecule has 0 aromatic carbocycles. The molecule has 19 heavy (non-hydrogen) atoms. The molecule has 0 amide bonds. The van der Waals surface area contributed by atoms with Gasteiger partial charge in [0.2, 0.25) is 0 Å². The second-order valence-electron chi connectivity index (χ2n) is 4.74.